The Morgan fingerprint density at radius 2 is 1.70 bits per heavy atom. The van der Waals surface area contributed by atoms with Crippen LogP contribution in [-0.2, 0) is 22.6 Å². The fourth-order valence-electron chi connectivity index (χ4n) is 4.41. The van der Waals surface area contributed by atoms with Crippen molar-refractivity contribution in [2.75, 3.05) is 11.9 Å². The Morgan fingerprint density at radius 3 is 2.52 bits per heavy atom. The van der Waals surface area contributed by atoms with Gasteiger partial charge in [-0.3, -0.25) is 9.59 Å². The lowest BCUT2D eigenvalue weighted by molar-refractivity contribution is -0.132. The molecule has 0 radical (unpaired) electrons. The molecule has 7 nitrogen and oxygen atoms in total. The van der Waals surface area contributed by atoms with E-state index in [9.17, 15) is 9.59 Å². The molecule has 33 heavy (non-hydrogen) atoms. The highest BCUT2D eigenvalue weighted by atomic mass is 16.2. The number of carbonyl (C=O) groups excluding carboxylic acids is 2. The van der Waals surface area contributed by atoms with Crippen molar-refractivity contribution in [3.8, 4) is 11.4 Å². The molecule has 0 fully saturated rings. The maximum atomic E-state index is 12.5. The number of hydrazone groups is 1. The number of amides is 2. The van der Waals surface area contributed by atoms with Crippen molar-refractivity contribution in [1.82, 2.24) is 14.6 Å². The number of benzene rings is 2. The Balaban J connectivity index is 1.14. The van der Waals surface area contributed by atoms with Crippen LogP contribution in [0.1, 0.15) is 43.4 Å². The van der Waals surface area contributed by atoms with E-state index in [0.717, 1.165) is 42.0 Å². The van der Waals surface area contributed by atoms with Crippen LogP contribution in [0.25, 0.3) is 11.4 Å². The van der Waals surface area contributed by atoms with Crippen LogP contribution in [0.2, 0.25) is 0 Å². The molecule has 7 heteroatoms. The number of rotatable bonds is 6. The maximum Gasteiger partial charge on any atom is 0.243 e. The Hall–Kier alpha value is -3.74. The molecule has 168 valence electrons. The minimum atomic E-state index is -0.180. The summed E-state index contributed by atoms with van der Waals surface area (Å²) in [5, 5.41) is 8.81. The number of carbonyl (C=O) groups is 2. The topological polar surface area (TPSA) is 79.6 Å². The fraction of sp³-hybridized carbons (Fsp3) is 0.308. The van der Waals surface area contributed by atoms with Gasteiger partial charge in [-0.1, -0.05) is 30.3 Å². The summed E-state index contributed by atoms with van der Waals surface area (Å²) in [7, 11) is 0. The minimum absolute atomic E-state index is 0.126. The van der Waals surface area contributed by atoms with Crippen LogP contribution in [0.3, 0.4) is 0 Å². The summed E-state index contributed by atoms with van der Waals surface area (Å²) in [6.45, 7) is 1.56. The highest BCUT2D eigenvalue weighted by Gasteiger charge is 2.22. The predicted molar refractivity (Wildman–Crippen MR) is 128 cm³/mol. The van der Waals surface area contributed by atoms with E-state index in [-0.39, 0.29) is 24.7 Å². The van der Waals surface area contributed by atoms with Gasteiger partial charge < -0.3 is 9.88 Å². The van der Waals surface area contributed by atoms with Gasteiger partial charge >= 0.3 is 0 Å². The molecule has 0 saturated carbocycles. The number of anilines is 1. The summed E-state index contributed by atoms with van der Waals surface area (Å²) < 4.78 is 2.28. The van der Waals surface area contributed by atoms with Crippen molar-refractivity contribution in [2.24, 2.45) is 5.10 Å². The van der Waals surface area contributed by atoms with Gasteiger partial charge in [0, 0.05) is 48.9 Å². The average molecular weight is 442 g/mol. The lowest BCUT2D eigenvalue weighted by atomic mass is 10.1. The molecule has 0 unspecified atom stereocenters. The minimum Gasteiger partial charge on any atom is -0.328 e. The van der Waals surface area contributed by atoms with Crippen LogP contribution >= 0.6 is 0 Å². The Kier molecular flexibility index (Phi) is 6.02. The van der Waals surface area contributed by atoms with Gasteiger partial charge in [-0.25, -0.2) is 9.99 Å². The molecule has 2 aromatic carbocycles. The first-order chi connectivity index (χ1) is 16.2. The van der Waals surface area contributed by atoms with Crippen LogP contribution in [0.4, 0.5) is 5.69 Å². The van der Waals surface area contributed by atoms with Crippen LogP contribution in [0.5, 0.6) is 0 Å². The zero-order valence-electron chi connectivity index (χ0n) is 18.5. The van der Waals surface area contributed by atoms with Gasteiger partial charge in [0.2, 0.25) is 11.8 Å². The highest BCUT2D eigenvalue weighted by molar-refractivity contribution is 6.02. The Morgan fingerprint density at radius 1 is 0.879 bits per heavy atom. The number of aryl methyl sites for hydroxylation is 1. The van der Waals surface area contributed by atoms with E-state index >= 15 is 0 Å². The van der Waals surface area contributed by atoms with Gasteiger partial charge in [-0.15, -0.1) is 0 Å². The van der Waals surface area contributed by atoms with E-state index in [2.05, 4.69) is 20.0 Å². The molecule has 5 rings (SSSR count). The van der Waals surface area contributed by atoms with Gasteiger partial charge in [0.15, 0.2) is 0 Å². The Labute approximate surface area is 193 Å². The molecule has 0 spiro atoms. The number of imidazole rings is 1. The van der Waals surface area contributed by atoms with Crippen molar-refractivity contribution in [3.63, 3.8) is 0 Å². The van der Waals surface area contributed by atoms with Crippen molar-refractivity contribution >= 4 is 23.2 Å². The smallest absolute Gasteiger partial charge is 0.243 e. The zero-order valence-corrected chi connectivity index (χ0v) is 18.5. The normalized spacial score (nSPS) is 15.2. The number of hydrogen-bond donors (Lipinski definition) is 1. The second-order valence-corrected chi connectivity index (χ2v) is 8.49. The molecule has 0 aliphatic carbocycles. The summed E-state index contributed by atoms with van der Waals surface area (Å²) in [6, 6.07) is 17.6. The lowest BCUT2D eigenvalue weighted by Gasteiger charge is -2.16. The van der Waals surface area contributed by atoms with Crippen molar-refractivity contribution in [1.29, 1.82) is 0 Å². The molecule has 2 aliphatic rings. The molecular weight excluding hydrogens is 414 g/mol. The molecule has 2 aliphatic heterocycles. The van der Waals surface area contributed by atoms with Crippen LogP contribution in [-0.4, -0.2) is 38.6 Å². The predicted octanol–water partition coefficient (Wildman–Crippen LogP) is 4.24. The molecule has 0 bridgehead atoms. The first-order valence-electron chi connectivity index (χ1n) is 11.6. The third kappa shape index (κ3) is 4.72. The van der Waals surface area contributed by atoms with E-state index in [1.54, 1.807) is 0 Å². The standard InChI is InChI=1S/C26H27N5O2/c32-24(13-14-25(33)31-17-15-23(29-31)19-6-2-1-3-7-19)28-21-11-9-20(10-12-21)26-27-18-22-8-4-5-16-30(22)26/h1-3,6-7,9-12,18H,4-5,8,13-17H2,(H,28,32). The molecular formula is C26H27N5O2. The number of nitrogens with zero attached hydrogens (tertiary/aromatic N) is 4. The highest BCUT2D eigenvalue weighted by Crippen LogP contribution is 2.25. The molecule has 3 aromatic rings. The van der Waals surface area contributed by atoms with Gasteiger partial charge in [0.25, 0.3) is 0 Å². The second kappa shape index (κ2) is 9.40. The molecule has 1 N–H and O–H groups in total. The van der Waals surface area contributed by atoms with Gasteiger partial charge in [-0.2, -0.15) is 5.10 Å². The Bertz CT molecular complexity index is 1180. The zero-order chi connectivity index (χ0) is 22.6. The first-order valence-corrected chi connectivity index (χ1v) is 11.6. The first kappa shape index (κ1) is 21.1. The summed E-state index contributed by atoms with van der Waals surface area (Å²) in [5.74, 6) is 0.672. The van der Waals surface area contributed by atoms with E-state index in [1.165, 1.54) is 23.5 Å². The third-order valence-corrected chi connectivity index (χ3v) is 6.19. The van der Waals surface area contributed by atoms with Crippen molar-refractivity contribution in [2.45, 2.75) is 45.1 Å². The summed E-state index contributed by atoms with van der Waals surface area (Å²) >= 11 is 0. The summed E-state index contributed by atoms with van der Waals surface area (Å²) in [4.78, 5) is 29.5. The maximum absolute atomic E-state index is 12.5. The molecule has 0 atom stereocenters. The molecule has 2 amide bonds. The monoisotopic (exact) mass is 441 g/mol. The molecule has 1 aromatic heterocycles. The summed E-state index contributed by atoms with van der Waals surface area (Å²) in [6.07, 6.45) is 6.44. The van der Waals surface area contributed by atoms with Crippen molar-refractivity contribution < 1.29 is 9.59 Å². The van der Waals surface area contributed by atoms with E-state index < -0.39 is 0 Å². The summed E-state index contributed by atoms with van der Waals surface area (Å²) in [5.41, 5.74) is 4.98. The van der Waals surface area contributed by atoms with E-state index in [4.69, 9.17) is 0 Å². The molecule has 0 saturated heterocycles. The number of nitrogens with one attached hydrogen (secondary N) is 1. The molecule has 3 heterocycles. The second-order valence-electron chi connectivity index (χ2n) is 8.49. The van der Waals surface area contributed by atoms with Gasteiger partial charge in [0.1, 0.15) is 5.82 Å². The fourth-order valence-corrected chi connectivity index (χ4v) is 4.41. The largest absolute Gasteiger partial charge is 0.328 e. The SMILES string of the molecule is O=C(CCC(=O)N1CCC(c2ccccc2)=N1)Nc1ccc(-c2ncc3n2CCCC3)cc1. The lowest BCUT2D eigenvalue weighted by Crippen LogP contribution is -2.24. The van der Waals surface area contributed by atoms with Crippen molar-refractivity contribution in [3.05, 3.63) is 72.1 Å². The number of hydrogen-bond acceptors (Lipinski definition) is 4. The third-order valence-electron chi connectivity index (χ3n) is 6.19. The van der Waals surface area contributed by atoms with Crippen LogP contribution < -0.4 is 5.32 Å². The van der Waals surface area contributed by atoms with Crippen LogP contribution in [0, 0.1) is 0 Å². The van der Waals surface area contributed by atoms with Gasteiger partial charge in [0.05, 0.1) is 12.3 Å². The quantitative estimate of drug-likeness (QED) is 0.621. The van der Waals surface area contributed by atoms with E-state index in [1.807, 2.05) is 60.8 Å². The van der Waals surface area contributed by atoms with Gasteiger partial charge in [-0.05, 0) is 49.1 Å². The number of fused-ring (bicyclic) bond motifs is 1. The average Bonchev–Trinajstić information content (AvgIpc) is 3.52. The van der Waals surface area contributed by atoms with E-state index in [0.29, 0.717) is 12.2 Å². The van der Waals surface area contributed by atoms with Crippen LogP contribution in [0.15, 0.2) is 65.9 Å². The number of aromatic nitrogens is 2.